The summed E-state index contributed by atoms with van der Waals surface area (Å²) in [4.78, 5) is 16.9. The highest BCUT2D eigenvalue weighted by Gasteiger charge is 2.53. The fourth-order valence-corrected chi connectivity index (χ4v) is 3.52. The lowest BCUT2D eigenvalue weighted by molar-refractivity contribution is -0.918. The van der Waals surface area contributed by atoms with Gasteiger partial charge in [-0.25, -0.2) is 9.80 Å². The maximum Gasteiger partial charge on any atom is 0.397 e. The molecule has 2 heterocycles. The van der Waals surface area contributed by atoms with Crippen LogP contribution in [0.4, 0.5) is 0 Å². The highest BCUT2D eigenvalue weighted by atomic mass is 35.5. The van der Waals surface area contributed by atoms with Gasteiger partial charge in [0.2, 0.25) is 0 Å². The van der Waals surface area contributed by atoms with Crippen molar-refractivity contribution in [2.75, 3.05) is 13.2 Å². The SMILES string of the molecule is CCOC(=O)C1=CN=C2C=CN(CC)[N+]12Cc1ccc(Cl)cc1Cl. The average molecular weight is 367 g/mol. The van der Waals surface area contributed by atoms with E-state index < -0.39 is 0 Å². The Morgan fingerprint density at radius 2 is 2.12 bits per heavy atom. The van der Waals surface area contributed by atoms with E-state index in [4.69, 9.17) is 27.9 Å². The molecule has 3 rings (SSSR count). The summed E-state index contributed by atoms with van der Waals surface area (Å²) in [7, 11) is 0. The highest BCUT2D eigenvalue weighted by Crippen LogP contribution is 2.38. The molecule has 2 aliphatic rings. The minimum Gasteiger partial charge on any atom is -0.458 e. The lowest BCUT2D eigenvalue weighted by Crippen LogP contribution is -2.57. The van der Waals surface area contributed by atoms with E-state index in [2.05, 4.69) is 4.99 Å². The molecule has 0 saturated carbocycles. The number of hydrogen-bond donors (Lipinski definition) is 0. The number of rotatable bonds is 5. The summed E-state index contributed by atoms with van der Waals surface area (Å²) in [5, 5.41) is 3.18. The van der Waals surface area contributed by atoms with Crippen LogP contribution in [0.3, 0.4) is 0 Å². The zero-order valence-electron chi connectivity index (χ0n) is 13.5. The van der Waals surface area contributed by atoms with Crippen LogP contribution >= 0.6 is 23.2 Å². The van der Waals surface area contributed by atoms with Gasteiger partial charge in [0.25, 0.3) is 11.5 Å². The second-order valence-corrected chi connectivity index (χ2v) is 6.30. The second-order valence-electron chi connectivity index (χ2n) is 5.46. The summed E-state index contributed by atoms with van der Waals surface area (Å²) in [5.41, 5.74) is 1.36. The Morgan fingerprint density at radius 3 is 2.79 bits per heavy atom. The molecule has 0 bridgehead atoms. The number of hydrogen-bond acceptors (Lipinski definition) is 4. The first-order valence-corrected chi connectivity index (χ1v) is 8.52. The molecule has 1 atom stereocenters. The van der Waals surface area contributed by atoms with E-state index in [9.17, 15) is 4.79 Å². The van der Waals surface area contributed by atoms with E-state index in [1.807, 2.05) is 30.3 Å². The van der Waals surface area contributed by atoms with Gasteiger partial charge in [-0.05, 0) is 26.0 Å². The average Bonchev–Trinajstić information content (AvgIpc) is 3.06. The van der Waals surface area contributed by atoms with Crippen molar-refractivity contribution in [3.05, 3.63) is 58.0 Å². The third-order valence-corrected chi connectivity index (χ3v) is 4.74. The Bertz CT molecular complexity index is 773. The zero-order valence-corrected chi connectivity index (χ0v) is 15.0. The number of quaternary nitrogens is 1. The molecule has 0 spiro atoms. The smallest absolute Gasteiger partial charge is 0.397 e. The molecule has 0 aliphatic carbocycles. The number of ether oxygens (including phenoxy) is 1. The predicted molar refractivity (Wildman–Crippen MR) is 94.1 cm³/mol. The summed E-state index contributed by atoms with van der Waals surface area (Å²) in [6.45, 7) is 5.29. The molecule has 7 heteroatoms. The van der Waals surface area contributed by atoms with E-state index in [1.54, 1.807) is 25.3 Å². The zero-order chi connectivity index (χ0) is 17.3. The summed E-state index contributed by atoms with van der Waals surface area (Å²) in [5.74, 6) is 0.398. The summed E-state index contributed by atoms with van der Waals surface area (Å²) in [6.07, 6.45) is 5.44. The molecule has 0 radical (unpaired) electrons. The lowest BCUT2D eigenvalue weighted by atomic mass is 10.2. The van der Waals surface area contributed by atoms with E-state index >= 15 is 0 Å². The van der Waals surface area contributed by atoms with Crippen molar-refractivity contribution in [2.24, 2.45) is 4.99 Å². The Kier molecular flexibility index (Phi) is 4.67. The maximum atomic E-state index is 12.5. The van der Waals surface area contributed by atoms with Crippen LogP contribution in [0.1, 0.15) is 19.4 Å². The van der Waals surface area contributed by atoms with E-state index in [1.165, 1.54) is 0 Å². The van der Waals surface area contributed by atoms with Crippen LogP contribution in [0.5, 0.6) is 0 Å². The summed E-state index contributed by atoms with van der Waals surface area (Å²) in [6, 6.07) is 5.38. The van der Waals surface area contributed by atoms with Crippen molar-refractivity contribution in [1.29, 1.82) is 0 Å². The first kappa shape index (κ1) is 17.0. The topological polar surface area (TPSA) is 41.9 Å². The number of fused-ring (bicyclic) bond motifs is 1. The molecule has 0 fully saturated rings. The van der Waals surface area contributed by atoms with Crippen LogP contribution in [-0.2, 0) is 16.1 Å². The normalized spacial score (nSPS) is 21.6. The Hall–Kier alpha value is -1.82. The number of esters is 1. The van der Waals surface area contributed by atoms with Crippen molar-refractivity contribution in [3.8, 4) is 0 Å². The van der Waals surface area contributed by atoms with Gasteiger partial charge in [-0.2, -0.15) is 4.99 Å². The van der Waals surface area contributed by atoms with Gasteiger partial charge in [-0.3, -0.25) is 0 Å². The molecular weight excluding hydrogens is 349 g/mol. The Balaban J connectivity index is 2.04. The van der Waals surface area contributed by atoms with Crippen molar-refractivity contribution >= 4 is 35.0 Å². The van der Waals surface area contributed by atoms with Crippen molar-refractivity contribution in [3.63, 3.8) is 0 Å². The number of aliphatic imine (C=N–C) groups is 1. The Labute approximate surface area is 151 Å². The third-order valence-electron chi connectivity index (χ3n) is 4.15. The fourth-order valence-electron chi connectivity index (χ4n) is 3.05. The van der Waals surface area contributed by atoms with E-state index in [0.29, 0.717) is 35.4 Å². The molecule has 1 aromatic rings. The van der Waals surface area contributed by atoms with Gasteiger partial charge < -0.3 is 4.74 Å². The monoisotopic (exact) mass is 366 g/mol. The molecule has 0 amide bonds. The number of nitrogens with zero attached hydrogens (tertiary/aromatic N) is 3. The van der Waals surface area contributed by atoms with Crippen LogP contribution in [0.25, 0.3) is 0 Å². The molecular formula is C17H18Cl2N3O2+. The largest absolute Gasteiger partial charge is 0.458 e. The quantitative estimate of drug-likeness (QED) is 0.586. The molecule has 0 N–H and O–H groups in total. The van der Waals surface area contributed by atoms with Crippen LogP contribution in [0.2, 0.25) is 10.0 Å². The van der Waals surface area contributed by atoms with Crippen LogP contribution in [0.15, 0.2) is 47.4 Å². The fraction of sp³-hybridized carbons (Fsp3) is 0.294. The van der Waals surface area contributed by atoms with Crippen LogP contribution in [-0.4, -0.2) is 34.6 Å². The van der Waals surface area contributed by atoms with Crippen molar-refractivity contribution in [2.45, 2.75) is 20.4 Å². The van der Waals surface area contributed by atoms with Gasteiger partial charge in [-0.15, -0.1) is 4.59 Å². The molecule has 1 unspecified atom stereocenters. The summed E-state index contributed by atoms with van der Waals surface area (Å²) < 4.78 is 5.40. The van der Waals surface area contributed by atoms with Gasteiger partial charge in [-0.1, -0.05) is 29.3 Å². The molecule has 2 aliphatic heterocycles. The van der Waals surface area contributed by atoms with Crippen molar-refractivity contribution < 1.29 is 14.1 Å². The van der Waals surface area contributed by atoms with Gasteiger partial charge in [0.15, 0.2) is 0 Å². The van der Waals surface area contributed by atoms with Crippen molar-refractivity contribution in [1.82, 2.24) is 5.01 Å². The molecule has 0 saturated heterocycles. The van der Waals surface area contributed by atoms with E-state index in [-0.39, 0.29) is 10.6 Å². The molecule has 5 nitrogen and oxygen atoms in total. The first-order valence-electron chi connectivity index (χ1n) is 7.76. The molecule has 126 valence electrons. The number of halogens is 2. The number of benzene rings is 1. The van der Waals surface area contributed by atoms with Gasteiger partial charge in [0, 0.05) is 16.7 Å². The minimum atomic E-state index is -0.372. The van der Waals surface area contributed by atoms with Gasteiger partial charge >= 0.3 is 5.97 Å². The number of amidine groups is 1. The molecule has 24 heavy (non-hydrogen) atoms. The third kappa shape index (κ3) is 2.62. The van der Waals surface area contributed by atoms with Crippen LogP contribution < -0.4 is 0 Å². The predicted octanol–water partition coefficient (Wildman–Crippen LogP) is 3.89. The Morgan fingerprint density at radius 1 is 1.33 bits per heavy atom. The molecule has 0 aromatic heterocycles. The van der Waals surface area contributed by atoms with E-state index in [0.717, 1.165) is 11.4 Å². The number of carbonyl (C=O) groups is 1. The minimum absolute atomic E-state index is 0.163. The van der Waals surface area contributed by atoms with Gasteiger partial charge in [0.1, 0.15) is 12.7 Å². The maximum absolute atomic E-state index is 12.5. The lowest BCUT2D eigenvalue weighted by Gasteiger charge is -2.38. The van der Waals surface area contributed by atoms with Crippen LogP contribution in [0, 0.1) is 0 Å². The first-order chi connectivity index (χ1) is 11.5. The standard InChI is InChI=1S/C17H18Cl2N3O2/c1-3-21-8-7-16-20-10-15(17(23)24-4-2)22(16,21)11-12-5-6-13(18)9-14(12)19/h5-10H,3-4,11H2,1-2H3/q+1. The number of carbonyl (C=O) groups excluding carboxylic acids is 1. The second kappa shape index (κ2) is 6.59. The highest BCUT2D eigenvalue weighted by molar-refractivity contribution is 6.35. The van der Waals surface area contributed by atoms with Gasteiger partial charge in [0.05, 0.1) is 24.4 Å². The molecule has 1 aromatic carbocycles. The summed E-state index contributed by atoms with van der Waals surface area (Å²) >= 11 is 12.4.